The topological polar surface area (TPSA) is 99.2 Å². The van der Waals surface area contributed by atoms with Gasteiger partial charge in [0.1, 0.15) is 12.6 Å². The van der Waals surface area contributed by atoms with Crippen LogP contribution >= 0.6 is 0 Å². The van der Waals surface area contributed by atoms with Crippen molar-refractivity contribution in [2.45, 2.75) is 25.0 Å². The number of nitrogens with zero attached hydrogens (tertiary/aromatic N) is 2. The average Bonchev–Trinajstić information content (AvgIpc) is 2.46. The van der Waals surface area contributed by atoms with Gasteiger partial charge in [0.05, 0.1) is 6.10 Å². The highest BCUT2D eigenvalue weighted by atomic mass is 16.5. The third-order valence-corrected chi connectivity index (χ3v) is 3.70. The molecule has 2 unspecified atom stereocenters. The number of piperidine rings is 1. The Hall–Kier alpha value is -1.83. The number of hydrogen-bond acceptors (Lipinski definition) is 4. The van der Waals surface area contributed by atoms with Crippen LogP contribution in [0.25, 0.3) is 0 Å². The number of carboxylic acids is 1. The first-order valence-electron chi connectivity index (χ1n) is 6.60. The fourth-order valence-electron chi connectivity index (χ4n) is 2.55. The molecule has 0 radical (unpaired) electrons. The third kappa shape index (κ3) is 3.01. The second-order valence-electron chi connectivity index (χ2n) is 5.01. The maximum absolute atomic E-state index is 12.4. The summed E-state index contributed by atoms with van der Waals surface area (Å²) in [7, 11) is 1.59. The Kier molecular flexibility index (Phi) is 4.43. The van der Waals surface area contributed by atoms with Crippen molar-refractivity contribution >= 4 is 17.9 Å². The highest BCUT2D eigenvalue weighted by Gasteiger charge is 2.38. The van der Waals surface area contributed by atoms with E-state index in [1.165, 1.54) is 0 Å². The molecule has 0 aliphatic carbocycles. The summed E-state index contributed by atoms with van der Waals surface area (Å²) in [5, 5.41) is 11.6. The first-order chi connectivity index (χ1) is 9.52. The second-order valence-corrected chi connectivity index (χ2v) is 5.01. The minimum Gasteiger partial charge on any atom is -0.480 e. The zero-order chi connectivity index (χ0) is 14.7. The first kappa shape index (κ1) is 14.6. The van der Waals surface area contributed by atoms with Gasteiger partial charge in [0.25, 0.3) is 0 Å². The van der Waals surface area contributed by atoms with Crippen molar-refractivity contribution in [3.63, 3.8) is 0 Å². The van der Waals surface area contributed by atoms with E-state index in [0.29, 0.717) is 13.1 Å². The van der Waals surface area contributed by atoms with Gasteiger partial charge in [-0.25, -0.2) is 9.59 Å². The Morgan fingerprint density at radius 2 is 2.20 bits per heavy atom. The van der Waals surface area contributed by atoms with Gasteiger partial charge < -0.3 is 20.1 Å². The van der Waals surface area contributed by atoms with Crippen LogP contribution in [0.3, 0.4) is 0 Å². The predicted octanol–water partition coefficient (Wildman–Crippen LogP) is -0.898. The molecule has 112 valence electrons. The van der Waals surface area contributed by atoms with Crippen LogP contribution in [0, 0.1) is 0 Å². The normalized spacial score (nSPS) is 27.1. The summed E-state index contributed by atoms with van der Waals surface area (Å²) in [5.74, 6) is -1.45. The number of piperazine rings is 1. The van der Waals surface area contributed by atoms with Crippen LogP contribution in [0.2, 0.25) is 0 Å². The molecule has 0 saturated carbocycles. The Balaban J connectivity index is 2.08. The molecule has 20 heavy (non-hydrogen) atoms. The average molecular weight is 285 g/mol. The lowest BCUT2D eigenvalue weighted by molar-refractivity contribution is -0.144. The number of amides is 3. The summed E-state index contributed by atoms with van der Waals surface area (Å²) >= 11 is 0. The molecule has 2 rings (SSSR count). The standard InChI is InChI=1S/C12H19N3O5/c1-20-8-3-2-4-14(6-8)12(19)15-7-10(16)13-5-9(15)11(17)18/h8-9H,2-7H2,1H3,(H,13,16)(H,17,18). The van der Waals surface area contributed by atoms with Crippen LogP contribution in [-0.2, 0) is 14.3 Å². The Morgan fingerprint density at radius 1 is 1.45 bits per heavy atom. The van der Waals surface area contributed by atoms with E-state index < -0.39 is 18.0 Å². The van der Waals surface area contributed by atoms with Gasteiger partial charge in [-0.15, -0.1) is 0 Å². The van der Waals surface area contributed by atoms with Gasteiger partial charge in [-0.05, 0) is 12.8 Å². The van der Waals surface area contributed by atoms with Gasteiger partial charge in [-0.1, -0.05) is 0 Å². The van der Waals surface area contributed by atoms with Crippen LogP contribution < -0.4 is 5.32 Å². The molecular formula is C12H19N3O5. The van der Waals surface area contributed by atoms with Crippen molar-refractivity contribution in [1.82, 2.24) is 15.1 Å². The van der Waals surface area contributed by atoms with E-state index >= 15 is 0 Å². The molecule has 3 amide bonds. The number of carbonyl (C=O) groups excluding carboxylic acids is 2. The van der Waals surface area contributed by atoms with E-state index in [1.807, 2.05) is 0 Å². The SMILES string of the molecule is COC1CCCN(C(=O)N2CC(=O)NCC2C(=O)O)C1. The number of urea groups is 1. The van der Waals surface area contributed by atoms with Crippen molar-refractivity contribution in [2.75, 3.05) is 33.3 Å². The second kappa shape index (κ2) is 6.08. The smallest absolute Gasteiger partial charge is 0.328 e. The summed E-state index contributed by atoms with van der Waals surface area (Å²) < 4.78 is 5.25. The molecular weight excluding hydrogens is 266 g/mol. The molecule has 2 fully saturated rings. The van der Waals surface area contributed by atoms with Crippen molar-refractivity contribution in [1.29, 1.82) is 0 Å². The molecule has 8 nitrogen and oxygen atoms in total. The van der Waals surface area contributed by atoms with Gasteiger partial charge in [-0.3, -0.25) is 9.69 Å². The molecule has 8 heteroatoms. The van der Waals surface area contributed by atoms with E-state index in [2.05, 4.69) is 5.32 Å². The van der Waals surface area contributed by atoms with Crippen LogP contribution in [0.15, 0.2) is 0 Å². The number of methoxy groups -OCH3 is 1. The van der Waals surface area contributed by atoms with Gasteiger partial charge in [-0.2, -0.15) is 0 Å². The highest BCUT2D eigenvalue weighted by Crippen LogP contribution is 2.16. The molecule has 2 aliphatic heterocycles. The fraction of sp³-hybridized carbons (Fsp3) is 0.750. The van der Waals surface area contributed by atoms with Gasteiger partial charge in [0.2, 0.25) is 5.91 Å². The van der Waals surface area contributed by atoms with Crippen LogP contribution in [0.4, 0.5) is 4.79 Å². The van der Waals surface area contributed by atoms with E-state index in [1.54, 1.807) is 12.0 Å². The first-order valence-corrected chi connectivity index (χ1v) is 6.60. The van der Waals surface area contributed by atoms with Gasteiger partial charge in [0, 0.05) is 26.7 Å². The maximum Gasteiger partial charge on any atom is 0.328 e. The minimum absolute atomic E-state index is 0.0328. The number of carbonyl (C=O) groups is 3. The van der Waals surface area contributed by atoms with Crippen LogP contribution in [0.1, 0.15) is 12.8 Å². The molecule has 0 aromatic heterocycles. The number of ether oxygens (including phenoxy) is 1. The highest BCUT2D eigenvalue weighted by molar-refractivity contribution is 5.90. The zero-order valence-electron chi connectivity index (χ0n) is 11.4. The molecule has 2 aliphatic rings. The number of nitrogens with one attached hydrogen (secondary N) is 1. The van der Waals surface area contributed by atoms with E-state index in [-0.39, 0.29) is 25.1 Å². The molecule has 2 N–H and O–H groups in total. The van der Waals surface area contributed by atoms with Gasteiger partial charge in [0.15, 0.2) is 0 Å². The Labute approximate surface area is 116 Å². The van der Waals surface area contributed by atoms with Crippen molar-refractivity contribution in [2.24, 2.45) is 0 Å². The maximum atomic E-state index is 12.4. The summed E-state index contributed by atoms with van der Waals surface area (Å²) in [6.45, 7) is 0.717. The van der Waals surface area contributed by atoms with E-state index in [4.69, 9.17) is 9.84 Å². The lowest BCUT2D eigenvalue weighted by atomic mass is 10.1. The van der Waals surface area contributed by atoms with Crippen LogP contribution in [-0.4, -0.2) is 78.2 Å². The van der Waals surface area contributed by atoms with Crippen molar-refractivity contribution in [3.8, 4) is 0 Å². The molecule has 2 heterocycles. The predicted molar refractivity (Wildman–Crippen MR) is 68.1 cm³/mol. The van der Waals surface area contributed by atoms with Crippen molar-refractivity contribution in [3.05, 3.63) is 0 Å². The number of rotatable bonds is 2. The molecule has 2 saturated heterocycles. The molecule has 0 bridgehead atoms. The van der Waals surface area contributed by atoms with Gasteiger partial charge >= 0.3 is 12.0 Å². The molecule has 0 spiro atoms. The number of likely N-dealkylation sites (tertiary alicyclic amines) is 1. The largest absolute Gasteiger partial charge is 0.480 e. The lowest BCUT2D eigenvalue weighted by Gasteiger charge is -2.39. The third-order valence-electron chi connectivity index (χ3n) is 3.70. The summed E-state index contributed by atoms with van der Waals surface area (Å²) in [5.41, 5.74) is 0. The number of aliphatic carboxylic acids is 1. The summed E-state index contributed by atoms with van der Waals surface area (Å²) in [6.07, 6.45) is 1.65. The number of carboxylic acid groups (broad SMARTS) is 1. The Morgan fingerprint density at radius 3 is 2.85 bits per heavy atom. The monoisotopic (exact) mass is 285 g/mol. The summed E-state index contributed by atoms with van der Waals surface area (Å²) in [6, 6.07) is -1.42. The Bertz CT molecular complexity index is 414. The fourth-order valence-corrected chi connectivity index (χ4v) is 2.55. The molecule has 0 aromatic rings. The van der Waals surface area contributed by atoms with Crippen LogP contribution in [0.5, 0.6) is 0 Å². The van der Waals surface area contributed by atoms with E-state index in [9.17, 15) is 14.4 Å². The van der Waals surface area contributed by atoms with Crippen molar-refractivity contribution < 1.29 is 24.2 Å². The van der Waals surface area contributed by atoms with E-state index in [0.717, 1.165) is 17.7 Å². The lowest BCUT2D eigenvalue weighted by Crippen LogP contribution is -2.62. The molecule has 0 aromatic carbocycles. The minimum atomic E-state index is -1.11. The number of hydrogen-bond donors (Lipinski definition) is 2. The molecule has 2 atom stereocenters. The quantitative estimate of drug-likeness (QED) is 0.685. The summed E-state index contributed by atoms with van der Waals surface area (Å²) in [4.78, 5) is 37.7. The zero-order valence-corrected chi connectivity index (χ0v) is 11.4.